The maximum atomic E-state index is 5.56. The van der Waals surface area contributed by atoms with E-state index in [1.54, 1.807) is 0 Å². The Hall–Kier alpha value is -0.870. The maximum absolute atomic E-state index is 5.56. The Kier molecular flexibility index (Phi) is 1.86. The molecule has 0 atom stereocenters. The minimum atomic E-state index is 0.268. The minimum Gasteiger partial charge on any atom is -0.459 e. The number of hydrogen-bond acceptors (Lipinski definition) is 4. The summed E-state index contributed by atoms with van der Waals surface area (Å²) in [6.07, 6.45) is 0. The van der Waals surface area contributed by atoms with Crippen LogP contribution in [0, 0.1) is 6.92 Å². The van der Waals surface area contributed by atoms with Crippen LogP contribution < -0.4 is 0 Å². The average molecular weight is 201 g/mol. The van der Waals surface area contributed by atoms with Crippen molar-refractivity contribution >= 4 is 23.1 Å². The van der Waals surface area contributed by atoms with Crippen LogP contribution in [-0.2, 0) is 0 Å². The fraction of sp³-hybridized carbons (Fsp3) is 0.143. The van der Waals surface area contributed by atoms with Gasteiger partial charge in [0, 0.05) is 0 Å². The molecule has 0 aliphatic rings. The van der Waals surface area contributed by atoms with Crippen LogP contribution in [0.5, 0.6) is 0 Å². The number of aryl methyl sites for hydroxylation is 1. The van der Waals surface area contributed by atoms with Gasteiger partial charge < -0.3 is 4.42 Å². The normalized spacial score (nSPS) is 10.5. The molecule has 0 aliphatic heterocycles. The van der Waals surface area contributed by atoms with E-state index in [0.29, 0.717) is 5.01 Å². The smallest absolute Gasteiger partial charge is 0.234 e. The zero-order chi connectivity index (χ0) is 8.55. The van der Waals surface area contributed by atoms with Crippen molar-refractivity contribution in [3.05, 3.63) is 23.2 Å². The summed E-state index contributed by atoms with van der Waals surface area (Å²) in [5.41, 5.74) is 0. The summed E-state index contributed by atoms with van der Waals surface area (Å²) in [5, 5.41) is 0.983. The molecule has 0 saturated carbocycles. The molecular formula is C7H5ClN2OS. The highest BCUT2D eigenvalue weighted by atomic mass is 35.5. The molecule has 5 heteroatoms. The summed E-state index contributed by atoms with van der Waals surface area (Å²) in [5.74, 6) is 1.58. The van der Waals surface area contributed by atoms with Gasteiger partial charge in [0.25, 0.3) is 0 Å². The Morgan fingerprint density at radius 3 is 2.83 bits per heavy atom. The van der Waals surface area contributed by atoms with Gasteiger partial charge in [-0.15, -0.1) is 0 Å². The molecule has 12 heavy (non-hydrogen) atoms. The van der Waals surface area contributed by atoms with Gasteiger partial charge >= 0.3 is 0 Å². The van der Waals surface area contributed by atoms with Crippen LogP contribution in [-0.4, -0.2) is 9.36 Å². The summed E-state index contributed by atoms with van der Waals surface area (Å²) in [6, 6.07) is 3.73. The zero-order valence-corrected chi connectivity index (χ0v) is 7.82. The Labute approximate surface area is 78.2 Å². The van der Waals surface area contributed by atoms with E-state index < -0.39 is 0 Å². The van der Waals surface area contributed by atoms with Crippen molar-refractivity contribution in [3.8, 4) is 10.8 Å². The van der Waals surface area contributed by atoms with Crippen molar-refractivity contribution in [3.63, 3.8) is 0 Å². The predicted molar refractivity (Wildman–Crippen MR) is 47.4 cm³/mol. The van der Waals surface area contributed by atoms with E-state index in [-0.39, 0.29) is 5.28 Å². The quantitative estimate of drug-likeness (QED) is 0.711. The summed E-state index contributed by atoms with van der Waals surface area (Å²) in [4.78, 5) is 3.97. The van der Waals surface area contributed by atoms with Gasteiger partial charge in [-0.1, -0.05) is 0 Å². The number of halogens is 1. The van der Waals surface area contributed by atoms with Gasteiger partial charge in [-0.2, -0.15) is 4.37 Å². The van der Waals surface area contributed by atoms with Crippen molar-refractivity contribution in [2.24, 2.45) is 0 Å². The third-order valence-electron chi connectivity index (χ3n) is 1.35. The van der Waals surface area contributed by atoms with E-state index in [2.05, 4.69) is 9.36 Å². The van der Waals surface area contributed by atoms with Gasteiger partial charge in [-0.3, -0.25) is 0 Å². The Bertz CT molecular complexity index is 357. The van der Waals surface area contributed by atoms with Crippen LogP contribution >= 0.6 is 23.1 Å². The summed E-state index contributed by atoms with van der Waals surface area (Å²) >= 11 is 6.79. The number of hydrogen-bond donors (Lipinski definition) is 0. The molecular weight excluding hydrogens is 196 g/mol. The van der Waals surface area contributed by atoms with E-state index in [9.17, 15) is 0 Å². The monoisotopic (exact) mass is 200 g/mol. The third-order valence-corrected chi connectivity index (χ3v) is 2.35. The van der Waals surface area contributed by atoms with Crippen LogP contribution in [0.3, 0.4) is 0 Å². The molecule has 0 bridgehead atoms. The molecule has 62 valence electrons. The highest BCUT2D eigenvalue weighted by Crippen LogP contribution is 2.24. The highest BCUT2D eigenvalue weighted by molar-refractivity contribution is 7.09. The Morgan fingerprint density at radius 1 is 1.50 bits per heavy atom. The largest absolute Gasteiger partial charge is 0.459 e. The first-order valence-electron chi connectivity index (χ1n) is 3.32. The molecule has 0 saturated heterocycles. The van der Waals surface area contributed by atoms with Crippen LogP contribution in [0.4, 0.5) is 0 Å². The molecule has 3 nitrogen and oxygen atoms in total. The molecule has 2 rings (SSSR count). The average Bonchev–Trinajstić information content (AvgIpc) is 2.58. The van der Waals surface area contributed by atoms with E-state index in [4.69, 9.17) is 16.0 Å². The van der Waals surface area contributed by atoms with Crippen molar-refractivity contribution in [1.29, 1.82) is 0 Å². The lowest BCUT2D eigenvalue weighted by atomic mass is 10.4. The fourth-order valence-corrected chi connectivity index (χ4v) is 1.62. The lowest BCUT2D eigenvalue weighted by molar-refractivity contribution is 0.548. The highest BCUT2D eigenvalue weighted by Gasteiger charge is 2.07. The van der Waals surface area contributed by atoms with Crippen molar-refractivity contribution in [2.75, 3.05) is 0 Å². The SMILES string of the molecule is Cc1ccc(-c2nc(Cl)ns2)o1. The van der Waals surface area contributed by atoms with Crippen molar-refractivity contribution in [1.82, 2.24) is 9.36 Å². The molecule has 2 aromatic rings. The Morgan fingerprint density at radius 2 is 2.33 bits per heavy atom. The zero-order valence-electron chi connectivity index (χ0n) is 6.24. The topological polar surface area (TPSA) is 38.9 Å². The first kappa shape index (κ1) is 7.76. The number of rotatable bonds is 1. The summed E-state index contributed by atoms with van der Waals surface area (Å²) in [7, 11) is 0. The fourth-order valence-electron chi connectivity index (χ4n) is 0.855. The molecule has 0 fully saturated rings. The van der Waals surface area contributed by atoms with Gasteiger partial charge in [0.2, 0.25) is 5.28 Å². The van der Waals surface area contributed by atoms with E-state index in [1.807, 2.05) is 19.1 Å². The lowest BCUT2D eigenvalue weighted by Gasteiger charge is -1.84. The van der Waals surface area contributed by atoms with E-state index in [1.165, 1.54) is 11.5 Å². The molecule has 0 radical (unpaired) electrons. The van der Waals surface area contributed by atoms with Crippen molar-refractivity contribution < 1.29 is 4.42 Å². The molecule has 0 aliphatic carbocycles. The number of furan rings is 1. The van der Waals surface area contributed by atoms with Crippen LogP contribution in [0.25, 0.3) is 10.8 Å². The maximum Gasteiger partial charge on any atom is 0.234 e. The van der Waals surface area contributed by atoms with Gasteiger partial charge in [0.15, 0.2) is 10.8 Å². The summed E-state index contributed by atoms with van der Waals surface area (Å²) in [6.45, 7) is 1.88. The molecule has 0 N–H and O–H groups in total. The molecule has 0 spiro atoms. The molecule has 2 heterocycles. The number of aromatic nitrogens is 2. The second-order valence-electron chi connectivity index (χ2n) is 2.28. The second kappa shape index (κ2) is 2.88. The lowest BCUT2D eigenvalue weighted by Crippen LogP contribution is -1.69. The second-order valence-corrected chi connectivity index (χ2v) is 3.37. The van der Waals surface area contributed by atoms with Gasteiger partial charge in [0.1, 0.15) is 5.76 Å². The third kappa shape index (κ3) is 1.35. The standard InChI is InChI=1S/C7H5ClN2OS/c1-4-2-3-5(11-4)6-9-7(8)10-12-6/h2-3H,1H3. The predicted octanol–water partition coefficient (Wildman–Crippen LogP) is 2.76. The summed E-state index contributed by atoms with van der Waals surface area (Å²) < 4.78 is 9.17. The van der Waals surface area contributed by atoms with Gasteiger partial charge in [-0.25, -0.2) is 4.98 Å². The molecule has 2 aromatic heterocycles. The van der Waals surface area contributed by atoms with Crippen LogP contribution in [0.15, 0.2) is 16.5 Å². The van der Waals surface area contributed by atoms with Crippen LogP contribution in [0.1, 0.15) is 5.76 Å². The molecule has 0 aromatic carbocycles. The van der Waals surface area contributed by atoms with E-state index in [0.717, 1.165) is 11.5 Å². The number of nitrogens with zero attached hydrogens (tertiary/aromatic N) is 2. The molecule has 0 amide bonds. The van der Waals surface area contributed by atoms with Crippen LogP contribution in [0.2, 0.25) is 5.28 Å². The first-order valence-corrected chi connectivity index (χ1v) is 4.47. The van der Waals surface area contributed by atoms with Gasteiger partial charge in [0.05, 0.1) is 0 Å². The first-order chi connectivity index (χ1) is 5.75. The minimum absolute atomic E-state index is 0.268. The van der Waals surface area contributed by atoms with E-state index >= 15 is 0 Å². The molecule has 0 unspecified atom stereocenters. The van der Waals surface area contributed by atoms with Crippen molar-refractivity contribution in [2.45, 2.75) is 6.92 Å². The Balaban J connectivity index is 2.43. The van der Waals surface area contributed by atoms with Gasteiger partial charge in [-0.05, 0) is 42.2 Å².